The van der Waals surface area contributed by atoms with Crippen molar-refractivity contribution in [2.24, 2.45) is 0 Å². The van der Waals surface area contributed by atoms with Gasteiger partial charge >= 0.3 is 0 Å². The third-order valence-corrected chi connectivity index (χ3v) is 3.01. The molecule has 100 valence electrons. The Hall–Kier alpha value is -1.94. The van der Waals surface area contributed by atoms with E-state index in [1.807, 2.05) is 19.9 Å². The van der Waals surface area contributed by atoms with Gasteiger partial charge in [-0.05, 0) is 42.7 Å². The van der Waals surface area contributed by atoms with Crippen LogP contribution in [0, 0.1) is 19.7 Å². The van der Waals surface area contributed by atoms with Gasteiger partial charge in [-0.3, -0.25) is 4.98 Å². The van der Waals surface area contributed by atoms with Crippen LogP contribution in [0.15, 0.2) is 30.5 Å². The van der Waals surface area contributed by atoms with Gasteiger partial charge in [0.15, 0.2) is 11.6 Å². The van der Waals surface area contributed by atoms with Crippen LogP contribution in [0.3, 0.4) is 0 Å². The first-order valence-electron chi connectivity index (χ1n) is 5.97. The molecule has 2 rings (SSSR count). The van der Waals surface area contributed by atoms with Crippen LogP contribution in [0.25, 0.3) is 0 Å². The first-order chi connectivity index (χ1) is 9.02. The summed E-state index contributed by atoms with van der Waals surface area (Å²) in [6.07, 6.45) is 0.742. The van der Waals surface area contributed by atoms with Crippen LogP contribution >= 0.6 is 0 Å². The Labute approximate surface area is 111 Å². The van der Waals surface area contributed by atoms with E-state index >= 15 is 0 Å². The van der Waals surface area contributed by atoms with E-state index in [1.165, 1.54) is 19.2 Å². The van der Waals surface area contributed by atoms with Crippen molar-refractivity contribution < 1.29 is 14.2 Å². The van der Waals surface area contributed by atoms with Gasteiger partial charge in [-0.2, -0.15) is 0 Å². The van der Waals surface area contributed by atoms with Crippen LogP contribution in [0.2, 0.25) is 0 Å². The van der Waals surface area contributed by atoms with Crippen LogP contribution in [-0.4, -0.2) is 17.2 Å². The summed E-state index contributed by atoms with van der Waals surface area (Å²) in [6, 6.07) is 6.33. The van der Waals surface area contributed by atoms with Crippen molar-refractivity contribution >= 4 is 0 Å². The highest BCUT2D eigenvalue weighted by atomic mass is 19.1. The average molecular weight is 261 g/mol. The zero-order valence-corrected chi connectivity index (χ0v) is 11.1. The fraction of sp³-hybridized carbons (Fsp3) is 0.267. The van der Waals surface area contributed by atoms with Crippen LogP contribution in [0.4, 0.5) is 4.39 Å². The summed E-state index contributed by atoms with van der Waals surface area (Å²) in [7, 11) is 1.40. The Bertz CT molecular complexity index is 599. The molecule has 4 heteroatoms. The normalized spacial score (nSPS) is 12.3. The summed E-state index contributed by atoms with van der Waals surface area (Å²) in [5.41, 5.74) is 2.89. The highest BCUT2D eigenvalue weighted by molar-refractivity contribution is 5.36. The van der Waals surface area contributed by atoms with Crippen molar-refractivity contribution in [2.45, 2.75) is 20.0 Å². The predicted octanol–water partition coefficient (Wildman–Crippen LogP) is 2.93. The largest absolute Gasteiger partial charge is 0.494 e. The summed E-state index contributed by atoms with van der Waals surface area (Å²) in [5.74, 6) is -0.339. The van der Waals surface area contributed by atoms with E-state index in [4.69, 9.17) is 4.74 Å². The van der Waals surface area contributed by atoms with Crippen molar-refractivity contribution in [3.05, 3.63) is 58.7 Å². The first kappa shape index (κ1) is 13.5. The predicted molar refractivity (Wildman–Crippen MR) is 70.7 cm³/mol. The lowest BCUT2D eigenvalue weighted by molar-refractivity contribution is 0.213. The van der Waals surface area contributed by atoms with E-state index in [-0.39, 0.29) is 5.75 Å². The van der Waals surface area contributed by atoms with E-state index in [0.29, 0.717) is 11.3 Å². The Morgan fingerprint density at radius 3 is 2.58 bits per heavy atom. The van der Waals surface area contributed by atoms with Crippen LogP contribution in [0.5, 0.6) is 5.75 Å². The number of benzene rings is 1. The summed E-state index contributed by atoms with van der Waals surface area (Å²) < 4.78 is 18.5. The SMILES string of the molecule is COc1ccc(C(O)c2ncc(C)cc2C)cc1F. The van der Waals surface area contributed by atoms with E-state index in [2.05, 4.69) is 4.98 Å². The number of aliphatic hydroxyl groups is 1. The van der Waals surface area contributed by atoms with Gasteiger partial charge in [0, 0.05) is 6.20 Å². The molecule has 2 aromatic rings. The minimum Gasteiger partial charge on any atom is -0.494 e. The van der Waals surface area contributed by atoms with Crippen LogP contribution in [0.1, 0.15) is 28.5 Å². The van der Waals surface area contributed by atoms with Gasteiger partial charge in [-0.15, -0.1) is 0 Å². The maximum absolute atomic E-state index is 13.6. The molecule has 0 amide bonds. The molecule has 0 saturated carbocycles. The molecule has 1 unspecified atom stereocenters. The number of ether oxygens (including phenoxy) is 1. The zero-order valence-electron chi connectivity index (χ0n) is 11.1. The number of aromatic nitrogens is 1. The molecule has 0 bridgehead atoms. The van der Waals surface area contributed by atoms with Gasteiger partial charge in [0.1, 0.15) is 6.10 Å². The number of rotatable bonds is 3. The molecule has 19 heavy (non-hydrogen) atoms. The highest BCUT2D eigenvalue weighted by Gasteiger charge is 2.16. The van der Waals surface area contributed by atoms with E-state index in [9.17, 15) is 9.50 Å². The summed E-state index contributed by atoms with van der Waals surface area (Å²) >= 11 is 0. The summed E-state index contributed by atoms with van der Waals surface area (Å²) in [6.45, 7) is 3.81. The van der Waals surface area contributed by atoms with Gasteiger partial charge < -0.3 is 9.84 Å². The molecule has 0 spiro atoms. The number of pyridine rings is 1. The van der Waals surface area contributed by atoms with Crippen molar-refractivity contribution in [3.8, 4) is 5.75 Å². The number of aryl methyl sites for hydroxylation is 2. The minimum absolute atomic E-state index is 0.157. The number of nitrogens with zero attached hydrogens (tertiary/aromatic N) is 1. The maximum atomic E-state index is 13.6. The molecule has 0 fully saturated rings. The molecule has 1 heterocycles. The van der Waals surface area contributed by atoms with Gasteiger partial charge in [0.2, 0.25) is 0 Å². The maximum Gasteiger partial charge on any atom is 0.165 e. The van der Waals surface area contributed by atoms with E-state index in [1.54, 1.807) is 12.3 Å². The molecule has 0 aliphatic rings. The second kappa shape index (κ2) is 5.36. The molecule has 0 saturated heterocycles. The standard InChI is InChI=1S/C15H16FNO2/c1-9-6-10(2)14(17-8-9)15(18)11-4-5-13(19-3)12(16)7-11/h4-8,15,18H,1-3H3. The zero-order chi connectivity index (χ0) is 14.0. The fourth-order valence-electron chi connectivity index (χ4n) is 2.02. The van der Waals surface area contributed by atoms with Crippen molar-refractivity contribution in [2.75, 3.05) is 7.11 Å². The van der Waals surface area contributed by atoms with E-state index < -0.39 is 11.9 Å². The molecule has 0 aliphatic carbocycles. The van der Waals surface area contributed by atoms with E-state index in [0.717, 1.165) is 11.1 Å². The smallest absolute Gasteiger partial charge is 0.165 e. The highest BCUT2D eigenvalue weighted by Crippen LogP contribution is 2.27. The lowest BCUT2D eigenvalue weighted by Crippen LogP contribution is -2.06. The Morgan fingerprint density at radius 1 is 1.26 bits per heavy atom. The Morgan fingerprint density at radius 2 is 2.00 bits per heavy atom. The monoisotopic (exact) mass is 261 g/mol. The molecular weight excluding hydrogens is 245 g/mol. The average Bonchev–Trinajstić information content (AvgIpc) is 2.38. The van der Waals surface area contributed by atoms with Gasteiger partial charge in [0.05, 0.1) is 12.8 Å². The molecule has 1 aromatic carbocycles. The summed E-state index contributed by atoms with van der Waals surface area (Å²) in [4.78, 5) is 4.22. The lowest BCUT2D eigenvalue weighted by atomic mass is 10.0. The molecule has 1 N–H and O–H groups in total. The Kier molecular flexibility index (Phi) is 3.81. The van der Waals surface area contributed by atoms with Gasteiger partial charge in [-0.25, -0.2) is 4.39 Å². The Balaban J connectivity index is 2.38. The summed E-state index contributed by atoms with van der Waals surface area (Å²) in [5, 5.41) is 10.3. The third kappa shape index (κ3) is 2.74. The number of halogens is 1. The topological polar surface area (TPSA) is 42.4 Å². The molecule has 1 aromatic heterocycles. The van der Waals surface area contributed by atoms with Crippen LogP contribution in [-0.2, 0) is 0 Å². The minimum atomic E-state index is -0.944. The first-order valence-corrected chi connectivity index (χ1v) is 5.97. The van der Waals surface area contributed by atoms with Gasteiger partial charge in [-0.1, -0.05) is 12.1 Å². The van der Waals surface area contributed by atoms with Gasteiger partial charge in [0.25, 0.3) is 0 Å². The molecule has 0 radical (unpaired) electrons. The number of aliphatic hydroxyl groups excluding tert-OH is 1. The molecule has 3 nitrogen and oxygen atoms in total. The van der Waals surface area contributed by atoms with Crippen molar-refractivity contribution in [1.29, 1.82) is 0 Å². The van der Waals surface area contributed by atoms with Crippen molar-refractivity contribution in [1.82, 2.24) is 4.98 Å². The second-order valence-corrected chi connectivity index (χ2v) is 4.51. The molecule has 0 aliphatic heterocycles. The number of hydrogen-bond donors (Lipinski definition) is 1. The van der Waals surface area contributed by atoms with Crippen molar-refractivity contribution in [3.63, 3.8) is 0 Å². The number of methoxy groups -OCH3 is 1. The van der Waals surface area contributed by atoms with Crippen LogP contribution < -0.4 is 4.74 Å². The lowest BCUT2D eigenvalue weighted by Gasteiger charge is -2.14. The molecular formula is C15H16FNO2. The third-order valence-electron chi connectivity index (χ3n) is 3.01. The number of hydrogen-bond acceptors (Lipinski definition) is 3. The molecule has 1 atom stereocenters. The second-order valence-electron chi connectivity index (χ2n) is 4.51. The quantitative estimate of drug-likeness (QED) is 0.923. The fourth-order valence-corrected chi connectivity index (χ4v) is 2.02.